The average Bonchev–Trinajstić information content (AvgIpc) is 3.54. The summed E-state index contributed by atoms with van der Waals surface area (Å²) in [5.41, 5.74) is 2.83. The molecule has 4 rings (SSSR count). The molecule has 190 valence electrons. The van der Waals surface area contributed by atoms with Crippen LogP contribution in [0.15, 0.2) is 53.1 Å². The molecule has 2 heterocycles. The molecule has 36 heavy (non-hydrogen) atoms. The van der Waals surface area contributed by atoms with Crippen molar-refractivity contribution in [3.8, 4) is 11.5 Å². The number of ether oxygens (including phenoxy) is 2. The number of carbonyl (C=O) groups excluding carboxylic acids is 2. The lowest BCUT2D eigenvalue weighted by Gasteiger charge is -2.28. The molecule has 3 aromatic rings. The molecule has 1 aliphatic rings. The second-order valence-corrected chi connectivity index (χ2v) is 10.1. The SMILES string of the molecule is CCC(C)N(Cc1cc(C(=O)NCc2ccc3c(c2)OCO3)no1)C(=O)c1ccc(C(C)(C)C)cc1. The van der Waals surface area contributed by atoms with Crippen LogP contribution in [0.3, 0.4) is 0 Å². The maximum atomic E-state index is 13.4. The van der Waals surface area contributed by atoms with Gasteiger partial charge < -0.3 is 24.2 Å². The average molecular weight is 492 g/mol. The Morgan fingerprint density at radius 3 is 2.47 bits per heavy atom. The van der Waals surface area contributed by atoms with Gasteiger partial charge >= 0.3 is 0 Å². The summed E-state index contributed by atoms with van der Waals surface area (Å²) < 4.78 is 16.1. The van der Waals surface area contributed by atoms with E-state index in [9.17, 15) is 9.59 Å². The Balaban J connectivity index is 1.41. The Morgan fingerprint density at radius 1 is 1.06 bits per heavy atom. The van der Waals surface area contributed by atoms with E-state index in [4.69, 9.17) is 14.0 Å². The van der Waals surface area contributed by atoms with Crippen LogP contribution in [0.5, 0.6) is 11.5 Å². The molecule has 2 aromatic carbocycles. The summed E-state index contributed by atoms with van der Waals surface area (Å²) in [6, 6.07) is 14.8. The minimum atomic E-state index is -0.359. The van der Waals surface area contributed by atoms with Gasteiger partial charge in [0.25, 0.3) is 11.8 Å². The highest BCUT2D eigenvalue weighted by Crippen LogP contribution is 2.32. The fourth-order valence-electron chi connectivity index (χ4n) is 3.91. The van der Waals surface area contributed by atoms with Crippen molar-refractivity contribution in [1.82, 2.24) is 15.4 Å². The Bertz CT molecular complexity index is 1230. The number of nitrogens with zero attached hydrogens (tertiary/aromatic N) is 2. The first-order valence-corrected chi connectivity index (χ1v) is 12.2. The van der Waals surface area contributed by atoms with Gasteiger partial charge in [0.1, 0.15) is 0 Å². The highest BCUT2D eigenvalue weighted by Gasteiger charge is 2.24. The number of nitrogens with one attached hydrogen (secondary N) is 1. The number of benzene rings is 2. The van der Waals surface area contributed by atoms with E-state index in [0.29, 0.717) is 29.4 Å². The number of hydrogen-bond donors (Lipinski definition) is 1. The van der Waals surface area contributed by atoms with E-state index in [-0.39, 0.29) is 42.3 Å². The maximum absolute atomic E-state index is 13.4. The molecular formula is C28H33N3O5. The summed E-state index contributed by atoms with van der Waals surface area (Å²) >= 11 is 0. The Morgan fingerprint density at radius 2 is 1.78 bits per heavy atom. The van der Waals surface area contributed by atoms with E-state index < -0.39 is 0 Å². The van der Waals surface area contributed by atoms with Crippen molar-refractivity contribution in [2.75, 3.05) is 6.79 Å². The van der Waals surface area contributed by atoms with Crippen molar-refractivity contribution in [3.05, 3.63) is 76.7 Å². The molecular weight excluding hydrogens is 458 g/mol. The Hall–Kier alpha value is -3.81. The summed E-state index contributed by atoms with van der Waals surface area (Å²) in [6.45, 7) is 11.2. The van der Waals surface area contributed by atoms with E-state index in [1.54, 1.807) is 11.0 Å². The van der Waals surface area contributed by atoms with E-state index in [2.05, 4.69) is 31.2 Å². The third-order valence-electron chi connectivity index (χ3n) is 6.39. The van der Waals surface area contributed by atoms with Gasteiger partial charge in [0, 0.05) is 24.2 Å². The monoisotopic (exact) mass is 491 g/mol. The zero-order valence-corrected chi connectivity index (χ0v) is 21.5. The van der Waals surface area contributed by atoms with Gasteiger partial charge in [-0.3, -0.25) is 9.59 Å². The molecule has 2 amide bonds. The fraction of sp³-hybridized carbons (Fsp3) is 0.393. The molecule has 0 spiro atoms. The molecule has 8 nitrogen and oxygen atoms in total. The molecule has 0 aliphatic carbocycles. The van der Waals surface area contributed by atoms with Gasteiger partial charge in [-0.15, -0.1) is 0 Å². The van der Waals surface area contributed by atoms with Crippen molar-refractivity contribution in [2.24, 2.45) is 0 Å². The van der Waals surface area contributed by atoms with Crippen molar-refractivity contribution < 1.29 is 23.6 Å². The van der Waals surface area contributed by atoms with Crippen LogP contribution >= 0.6 is 0 Å². The minimum Gasteiger partial charge on any atom is -0.454 e. The lowest BCUT2D eigenvalue weighted by molar-refractivity contribution is 0.0650. The minimum absolute atomic E-state index is 0.0114. The van der Waals surface area contributed by atoms with Gasteiger partial charge in [-0.25, -0.2) is 0 Å². The zero-order valence-electron chi connectivity index (χ0n) is 21.5. The lowest BCUT2D eigenvalue weighted by atomic mass is 9.86. The molecule has 1 N–H and O–H groups in total. The van der Waals surface area contributed by atoms with Gasteiger partial charge in [0.2, 0.25) is 6.79 Å². The summed E-state index contributed by atoms with van der Waals surface area (Å²) in [6.07, 6.45) is 0.781. The zero-order chi connectivity index (χ0) is 25.9. The third kappa shape index (κ3) is 5.70. The predicted octanol–water partition coefficient (Wildman–Crippen LogP) is 5.07. The van der Waals surface area contributed by atoms with Gasteiger partial charge in [0.05, 0.1) is 6.54 Å². The van der Waals surface area contributed by atoms with Crippen molar-refractivity contribution in [1.29, 1.82) is 0 Å². The molecule has 0 saturated carbocycles. The number of rotatable bonds is 8. The van der Waals surface area contributed by atoms with Crippen molar-refractivity contribution >= 4 is 11.8 Å². The van der Waals surface area contributed by atoms with Gasteiger partial charge in [-0.2, -0.15) is 0 Å². The quantitative estimate of drug-likeness (QED) is 0.473. The standard InChI is InChI=1S/C28H33N3O5/c1-6-18(2)31(27(33)20-8-10-21(11-9-20)28(3,4)5)16-22-14-23(30-36-22)26(32)29-15-19-7-12-24-25(13-19)35-17-34-24/h7-14,18H,6,15-17H2,1-5H3,(H,29,32). The van der Waals surface area contributed by atoms with Crippen LogP contribution in [-0.4, -0.2) is 34.7 Å². The summed E-state index contributed by atoms with van der Waals surface area (Å²) in [4.78, 5) is 27.7. The molecule has 0 saturated heterocycles. The molecule has 0 bridgehead atoms. The molecule has 1 aliphatic heterocycles. The summed E-state index contributed by atoms with van der Waals surface area (Å²) in [7, 11) is 0. The third-order valence-corrected chi connectivity index (χ3v) is 6.39. The number of aromatic nitrogens is 1. The smallest absolute Gasteiger partial charge is 0.273 e. The maximum Gasteiger partial charge on any atom is 0.273 e. The Kier molecular flexibility index (Phi) is 7.33. The molecule has 0 radical (unpaired) electrons. The Labute approximate surface area is 211 Å². The van der Waals surface area contributed by atoms with Crippen LogP contribution in [0.25, 0.3) is 0 Å². The number of fused-ring (bicyclic) bond motifs is 1. The van der Waals surface area contributed by atoms with Crippen molar-refractivity contribution in [2.45, 2.75) is 65.6 Å². The molecule has 1 unspecified atom stereocenters. The normalized spacial score (nSPS) is 13.4. The topological polar surface area (TPSA) is 93.9 Å². The highest BCUT2D eigenvalue weighted by molar-refractivity contribution is 5.94. The van der Waals surface area contributed by atoms with E-state index in [1.165, 1.54) is 5.56 Å². The number of carbonyl (C=O) groups is 2. The van der Waals surface area contributed by atoms with E-state index >= 15 is 0 Å². The van der Waals surface area contributed by atoms with Crippen LogP contribution in [0, 0.1) is 0 Å². The van der Waals surface area contributed by atoms with Crippen LogP contribution in [0.4, 0.5) is 0 Å². The van der Waals surface area contributed by atoms with Crippen LogP contribution in [0.2, 0.25) is 0 Å². The highest BCUT2D eigenvalue weighted by atomic mass is 16.7. The van der Waals surface area contributed by atoms with Crippen LogP contribution in [-0.2, 0) is 18.5 Å². The van der Waals surface area contributed by atoms with E-state index in [1.807, 2.05) is 56.3 Å². The first-order valence-electron chi connectivity index (χ1n) is 12.2. The predicted molar refractivity (Wildman–Crippen MR) is 135 cm³/mol. The van der Waals surface area contributed by atoms with E-state index in [0.717, 1.165) is 12.0 Å². The van der Waals surface area contributed by atoms with Gasteiger partial charge in [0.15, 0.2) is 23.0 Å². The second kappa shape index (κ2) is 10.4. The van der Waals surface area contributed by atoms with Gasteiger partial charge in [-0.1, -0.05) is 51.1 Å². The molecule has 1 aromatic heterocycles. The number of hydrogen-bond acceptors (Lipinski definition) is 6. The first-order chi connectivity index (χ1) is 17.2. The molecule has 1 atom stereocenters. The molecule has 8 heteroatoms. The van der Waals surface area contributed by atoms with Crippen molar-refractivity contribution in [3.63, 3.8) is 0 Å². The molecule has 0 fully saturated rings. The van der Waals surface area contributed by atoms with Gasteiger partial charge in [-0.05, 0) is 54.2 Å². The fourth-order valence-corrected chi connectivity index (χ4v) is 3.91. The van der Waals surface area contributed by atoms with Crippen LogP contribution < -0.4 is 14.8 Å². The van der Waals surface area contributed by atoms with Crippen LogP contribution in [0.1, 0.15) is 78.8 Å². The lowest BCUT2D eigenvalue weighted by Crippen LogP contribution is -2.37. The first kappa shape index (κ1) is 25.3. The summed E-state index contributed by atoms with van der Waals surface area (Å²) in [5, 5.41) is 6.76. The summed E-state index contributed by atoms with van der Waals surface area (Å²) in [5.74, 6) is 1.35. The number of amides is 2. The second-order valence-electron chi connectivity index (χ2n) is 10.1. The largest absolute Gasteiger partial charge is 0.454 e.